The largest absolute Gasteiger partial charge is 0.492 e. The van der Waals surface area contributed by atoms with E-state index in [0.717, 1.165) is 29.1 Å². The fraction of sp³-hybridized carbons (Fsp3) is 0.321. The van der Waals surface area contributed by atoms with Crippen molar-refractivity contribution in [2.75, 3.05) is 37.1 Å². The third-order valence-electron chi connectivity index (χ3n) is 6.41. The van der Waals surface area contributed by atoms with Crippen LogP contribution in [0.1, 0.15) is 24.8 Å². The zero-order valence-corrected chi connectivity index (χ0v) is 23.5. The second kappa shape index (κ2) is 12.6. The summed E-state index contributed by atoms with van der Waals surface area (Å²) in [6.45, 7) is 2.80. The van der Waals surface area contributed by atoms with Crippen molar-refractivity contribution in [1.82, 2.24) is 9.62 Å². The molecule has 4 rings (SSSR count). The lowest BCUT2D eigenvalue weighted by molar-refractivity contribution is -0.119. The van der Waals surface area contributed by atoms with Crippen LogP contribution in [-0.4, -0.2) is 59.8 Å². The highest BCUT2D eigenvalue weighted by Crippen LogP contribution is 2.24. The molecule has 208 valence electrons. The number of sulfonamides is 2. The van der Waals surface area contributed by atoms with E-state index in [9.17, 15) is 21.6 Å². The normalized spacial score (nSPS) is 14.5. The van der Waals surface area contributed by atoms with Gasteiger partial charge in [-0.15, -0.1) is 0 Å². The van der Waals surface area contributed by atoms with Crippen molar-refractivity contribution < 1.29 is 26.4 Å². The molecule has 1 N–H and O–H groups in total. The van der Waals surface area contributed by atoms with Gasteiger partial charge in [0.05, 0.1) is 22.0 Å². The first-order valence-corrected chi connectivity index (χ1v) is 15.7. The van der Waals surface area contributed by atoms with Gasteiger partial charge >= 0.3 is 0 Å². The number of rotatable bonds is 11. The van der Waals surface area contributed by atoms with Crippen LogP contribution in [0.5, 0.6) is 5.75 Å². The Balaban J connectivity index is 1.33. The molecule has 3 aromatic carbocycles. The first kappa shape index (κ1) is 28.6. The number of hydrogen-bond donors (Lipinski definition) is 1. The van der Waals surface area contributed by atoms with Gasteiger partial charge in [0.1, 0.15) is 18.9 Å². The van der Waals surface area contributed by atoms with Crippen molar-refractivity contribution >= 4 is 31.6 Å². The smallest absolute Gasteiger partial charge is 0.264 e. The number of aryl methyl sites for hydroxylation is 1. The molecular formula is C28H33N3O6S2. The maximum atomic E-state index is 13.4. The van der Waals surface area contributed by atoms with E-state index in [2.05, 4.69) is 5.32 Å². The number of ether oxygens (including phenoxy) is 1. The van der Waals surface area contributed by atoms with Crippen molar-refractivity contribution in [1.29, 1.82) is 0 Å². The summed E-state index contributed by atoms with van der Waals surface area (Å²) >= 11 is 0. The minimum Gasteiger partial charge on any atom is -0.492 e. The summed E-state index contributed by atoms with van der Waals surface area (Å²) in [7, 11) is -7.49. The van der Waals surface area contributed by atoms with E-state index in [1.54, 1.807) is 54.6 Å². The van der Waals surface area contributed by atoms with Gasteiger partial charge in [0, 0.05) is 13.1 Å². The summed E-state index contributed by atoms with van der Waals surface area (Å²) < 4.78 is 60.6. The topological polar surface area (TPSA) is 113 Å². The van der Waals surface area contributed by atoms with E-state index in [1.165, 1.54) is 28.6 Å². The number of benzene rings is 3. The fourth-order valence-corrected chi connectivity index (χ4v) is 7.19. The molecule has 11 heteroatoms. The highest BCUT2D eigenvalue weighted by molar-refractivity contribution is 7.92. The van der Waals surface area contributed by atoms with Gasteiger partial charge in [-0.1, -0.05) is 42.3 Å². The van der Waals surface area contributed by atoms with Crippen LogP contribution in [-0.2, 0) is 24.8 Å². The predicted octanol–water partition coefficient (Wildman–Crippen LogP) is 3.56. The fourth-order valence-electron chi connectivity index (χ4n) is 4.25. The SMILES string of the molecule is Cc1ccc(S(=O)(=O)N(CC(=O)NCCOc2ccc(S(=O)(=O)N3CCCCC3)cc2)c2ccccc2)cc1. The Morgan fingerprint density at radius 2 is 1.46 bits per heavy atom. The summed E-state index contributed by atoms with van der Waals surface area (Å²) in [4.78, 5) is 13.1. The third-order valence-corrected chi connectivity index (χ3v) is 10.1. The molecule has 3 aromatic rings. The van der Waals surface area contributed by atoms with Crippen molar-refractivity contribution in [2.24, 2.45) is 0 Å². The van der Waals surface area contributed by atoms with Crippen LogP contribution >= 0.6 is 0 Å². The van der Waals surface area contributed by atoms with Crippen LogP contribution in [0.2, 0.25) is 0 Å². The Morgan fingerprint density at radius 1 is 0.846 bits per heavy atom. The number of amides is 1. The van der Waals surface area contributed by atoms with Crippen molar-refractivity contribution in [3.05, 3.63) is 84.4 Å². The Kier molecular flexibility index (Phi) is 9.26. The molecule has 1 fully saturated rings. The van der Waals surface area contributed by atoms with Gasteiger partial charge in [-0.25, -0.2) is 16.8 Å². The average molecular weight is 572 g/mol. The van der Waals surface area contributed by atoms with Gasteiger partial charge in [-0.2, -0.15) is 4.31 Å². The van der Waals surface area contributed by atoms with Gasteiger partial charge in [0.2, 0.25) is 15.9 Å². The average Bonchev–Trinajstić information content (AvgIpc) is 2.95. The van der Waals surface area contributed by atoms with Gasteiger partial charge in [0.25, 0.3) is 10.0 Å². The molecule has 39 heavy (non-hydrogen) atoms. The van der Waals surface area contributed by atoms with Gasteiger partial charge in [-0.05, 0) is 68.3 Å². The molecule has 0 spiro atoms. The number of nitrogens with one attached hydrogen (secondary N) is 1. The number of piperidine rings is 1. The number of para-hydroxylation sites is 1. The molecule has 0 atom stereocenters. The summed E-state index contributed by atoms with van der Waals surface area (Å²) in [6, 6.07) is 21.1. The van der Waals surface area contributed by atoms with E-state index >= 15 is 0 Å². The molecule has 0 bridgehead atoms. The van der Waals surface area contributed by atoms with E-state index in [-0.39, 0.29) is 22.9 Å². The lowest BCUT2D eigenvalue weighted by Crippen LogP contribution is -2.41. The molecule has 1 heterocycles. The zero-order valence-electron chi connectivity index (χ0n) is 21.8. The van der Waals surface area contributed by atoms with Crippen LogP contribution in [0.25, 0.3) is 0 Å². The van der Waals surface area contributed by atoms with Crippen LogP contribution in [0.4, 0.5) is 5.69 Å². The van der Waals surface area contributed by atoms with E-state index in [4.69, 9.17) is 4.74 Å². The molecule has 0 aromatic heterocycles. The second-order valence-electron chi connectivity index (χ2n) is 9.29. The highest BCUT2D eigenvalue weighted by atomic mass is 32.2. The van der Waals surface area contributed by atoms with E-state index in [1.807, 2.05) is 6.92 Å². The number of carbonyl (C=O) groups is 1. The van der Waals surface area contributed by atoms with E-state index in [0.29, 0.717) is 24.5 Å². The predicted molar refractivity (Wildman–Crippen MR) is 150 cm³/mol. The number of carbonyl (C=O) groups excluding carboxylic acids is 1. The molecule has 0 unspecified atom stereocenters. The highest BCUT2D eigenvalue weighted by Gasteiger charge is 2.27. The second-order valence-corrected chi connectivity index (χ2v) is 13.1. The molecule has 0 saturated carbocycles. The zero-order chi connectivity index (χ0) is 27.9. The lowest BCUT2D eigenvalue weighted by atomic mass is 10.2. The molecule has 1 amide bonds. The first-order valence-electron chi connectivity index (χ1n) is 12.8. The summed E-state index contributed by atoms with van der Waals surface area (Å²) in [6.07, 6.45) is 2.78. The van der Waals surface area contributed by atoms with Gasteiger partial charge in [-0.3, -0.25) is 9.10 Å². The number of anilines is 1. The first-order chi connectivity index (χ1) is 18.7. The third kappa shape index (κ3) is 7.17. The molecule has 1 aliphatic rings. The molecule has 1 saturated heterocycles. The van der Waals surface area contributed by atoms with E-state index < -0.39 is 32.5 Å². The van der Waals surface area contributed by atoms with Crippen LogP contribution < -0.4 is 14.4 Å². The quantitative estimate of drug-likeness (QED) is 0.352. The van der Waals surface area contributed by atoms with Crippen LogP contribution in [0.15, 0.2) is 88.7 Å². The Hall–Kier alpha value is -3.41. The lowest BCUT2D eigenvalue weighted by Gasteiger charge is -2.25. The Morgan fingerprint density at radius 3 is 2.10 bits per heavy atom. The number of nitrogens with zero attached hydrogens (tertiary/aromatic N) is 2. The Bertz CT molecular complexity index is 1450. The summed E-state index contributed by atoms with van der Waals surface area (Å²) in [5.74, 6) is -0.0178. The molecular weight excluding hydrogens is 538 g/mol. The van der Waals surface area contributed by atoms with Crippen molar-refractivity contribution in [3.63, 3.8) is 0 Å². The molecule has 0 radical (unpaired) electrons. The molecule has 1 aliphatic heterocycles. The summed E-state index contributed by atoms with van der Waals surface area (Å²) in [5.41, 5.74) is 1.31. The Labute approximate surface area is 230 Å². The van der Waals surface area contributed by atoms with Crippen LogP contribution in [0.3, 0.4) is 0 Å². The van der Waals surface area contributed by atoms with Crippen molar-refractivity contribution in [2.45, 2.75) is 36.0 Å². The monoisotopic (exact) mass is 571 g/mol. The number of hydrogen-bond acceptors (Lipinski definition) is 6. The minimum atomic E-state index is -3.98. The van der Waals surface area contributed by atoms with Gasteiger partial charge < -0.3 is 10.1 Å². The van der Waals surface area contributed by atoms with Crippen LogP contribution in [0, 0.1) is 6.92 Å². The summed E-state index contributed by atoms with van der Waals surface area (Å²) in [5, 5.41) is 2.69. The van der Waals surface area contributed by atoms with Gasteiger partial charge in [0.15, 0.2) is 0 Å². The van der Waals surface area contributed by atoms with Crippen molar-refractivity contribution in [3.8, 4) is 5.75 Å². The minimum absolute atomic E-state index is 0.0961. The maximum Gasteiger partial charge on any atom is 0.264 e. The maximum absolute atomic E-state index is 13.4. The molecule has 9 nitrogen and oxygen atoms in total. The standard InChI is InChI=1S/C28H33N3O6S2/c1-23-10-14-27(15-11-23)39(35,36)31(24-8-4-2-5-9-24)22-28(32)29-18-21-37-25-12-16-26(17-13-25)38(33,34)30-19-6-3-7-20-30/h2,4-5,8-17H,3,6-7,18-22H2,1H3,(H,29,32). The molecule has 0 aliphatic carbocycles.